The van der Waals surface area contributed by atoms with Crippen LogP contribution in [-0.2, 0) is 4.79 Å². The van der Waals surface area contributed by atoms with Crippen molar-refractivity contribution in [2.24, 2.45) is 0 Å². The number of halogens is 3. The quantitative estimate of drug-likeness (QED) is 0.771. The first-order valence-corrected chi connectivity index (χ1v) is 7.61. The molecular formula is C13H10Br2FN3O3. The van der Waals surface area contributed by atoms with Crippen LogP contribution in [0, 0.1) is 5.82 Å². The number of carbonyl (C=O) groups excluding carboxylic acids is 1. The first-order chi connectivity index (χ1) is 10.3. The van der Waals surface area contributed by atoms with Gasteiger partial charge >= 0.3 is 5.97 Å². The van der Waals surface area contributed by atoms with E-state index < -0.39 is 23.7 Å². The molecule has 0 bridgehead atoms. The number of hydrogen-bond acceptors (Lipinski definition) is 3. The number of hydrogen-bond donors (Lipinski definition) is 2. The van der Waals surface area contributed by atoms with Crippen LogP contribution in [0.4, 0.5) is 10.1 Å². The number of rotatable bonds is 4. The number of aliphatic carboxylic acids is 1. The van der Waals surface area contributed by atoms with Gasteiger partial charge in [0.25, 0.3) is 5.91 Å². The molecule has 0 aliphatic carbocycles. The molecule has 2 aromatic rings. The predicted octanol–water partition coefficient (Wildman–Crippen LogP) is 3.45. The Hall–Kier alpha value is -1.74. The largest absolute Gasteiger partial charge is 0.480 e. The number of anilines is 1. The van der Waals surface area contributed by atoms with E-state index in [0.29, 0.717) is 14.6 Å². The summed E-state index contributed by atoms with van der Waals surface area (Å²) in [6.07, 6.45) is 2.60. The fourth-order valence-corrected chi connectivity index (χ4v) is 2.96. The maximum atomic E-state index is 13.2. The Kier molecular flexibility index (Phi) is 4.97. The normalized spacial score (nSPS) is 12.0. The number of nitrogens with one attached hydrogen (secondary N) is 1. The van der Waals surface area contributed by atoms with Crippen LogP contribution in [0.15, 0.2) is 33.5 Å². The number of carboxylic acids is 1. The third-order valence-electron chi connectivity index (χ3n) is 2.86. The zero-order valence-electron chi connectivity index (χ0n) is 11.2. The molecule has 1 aromatic heterocycles. The average molecular weight is 435 g/mol. The second-order valence-corrected chi connectivity index (χ2v) is 6.13. The van der Waals surface area contributed by atoms with Crippen LogP contribution < -0.4 is 5.32 Å². The van der Waals surface area contributed by atoms with E-state index in [0.717, 1.165) is 0 Å². The molecule has 0 fully saturated rings. The SMILES string of the molecule is CC(C(=O)O)n1cc(C(=O)Nc2c(Br)cc(F)cc2Br)cn1. The maximum Gasteiger partial charge on any atom is 0.328 e. The number of nitrogens with zero attached hydrogens (tertiary/aromatic N) is 2. The Morgan fingerprint density at radius 1 is 1.36 bits per heavy atom. The van der Waals surface area contributed by atoms with Crippen LogP contribution in [-0.4, -0.2) is 26.8 Å². The fraction of sp³-hybridized carbons (Fsp3) is 0.154. The molecule has 22 heavy (non-hydrogen) atoms. The molecule has 0 saturated carbocycles. The third-order valence-corrected chi connectivity index (χ3v) is 4.11. The van der Waals surface area contributed by atoms with Gasteiger partial charge in [-0.3, -0.25) is 9.48 Å². The molecule has 1 unspecified atom stereocenters. The van der Waals surface area contributed by atoms with E-state index >= 15 is 0 Å². The van der Waals surface area contributed by atoms with Gasteiger partial charge in [-0.2, -0.15) is 5.10 Å². The maximum absolute atomic E-state index is 13.2. The van der Waals surface area contributed by atoms with Gasteiger partial charge in [-0.05, 0) is 50.9 Å². The summed E-state index contributed by atoms with van der Waals surface area (Å²) in [7, 11) is 0. The van der Waals surface area contributed by atoms with Crippen molar-refractivity contribution in [3.63, 3.8) is 0 Å². The molecule has 0 aliphatic heterocycles. The predicted molar refractivity (Wildman–Crippen MR) is 84.3 cm³/mol. The summed E-state index contributed by atoms with van der Waals surface area (Å²) in [5.74, 6) is -2.00. The van der Waals surface area contributed by atoms with Gasteiger partial charge in [-0.15, -0.1) is 0 Å². The Morgan fingerprint density at radius 2 is 1.95 bits per heavy atom. The van der Waals surface area contributed by atoms with E-state index in [2.05, 4.69) is 42.3 Å². The van der Waals surface area contributed by atoms with Crippen LogP contribution in [0.1, 0.15) is 23.3 Å². The lowest BCUT2D eigenvalue weighted by Crippen LogP contribution is -2.16. The summed E-state index contributed by atoms with van der Waals surface area (Å²) in [6, 6.07) is 1.55. The highest BCUT2D eigenvalue weighted by atomic mass is 79.9. The molecule has 116 valence electrons. The van der Waals surface area contributed by atoms with Crippen molar-refractivity contribution in [2.75, 3.05) is 5.32 Å². The molecule has 1 heterocycles. The van der Waals surface area contributed by atoms with Gasteiger partial charge in [0.2, 0.25) is 0 Å². The first-order valence-electron chi connectivity index (χ1n) is 6.02. The van der Waals surface area contributed by atoms with E-state index in [9.17, 15) is 14.0 Å². The van der Waals surface area contributed by atoms with Gasteiger partial charge in [-0.25, -0.2) is 9.18 Å². The van der Waals surface area contributed by atoms with Crippen molar-refractivity contribution >= 4 is 49.4 Å². The van der Waals surface area contributed by atoms with Gasteiger partial charge in [0.1, 0.15) is 11.9 Å². The third kappa shape index (κ3) is 3.53. The minimum absolute atomic E-state index is 0.191. The number of aromatic nitrogens is 2. The standard InChI is InChI=1S/C13H10Br2FN3O3/c1-6(13(21)22)19-5-7(4-17-19)12(20)18-11-9(14)2-8(16)3-10(11)15/h2-6H,1H3,(H,18,20)(H,21,22). The summed E-state index contributed by atoms with van der Waals surface area (Å²) >= 11 is 6.33. The van der Waals surface area contributed by atoms with Crippen molar-refractivity contribution in [2.45, 2.75) is 13.0 Å². The molecular weight excluding hydrogens is 425 g/mol. The molecule has 0 aliphatic rings. The molecule has 0 spiro atoms. The highest BCUT2D eigenvalue weighted by molar-refractivity contribution is 9.11. The Balaban J connectivity index is 2.22. The Morgan fingerprint density at radius 3 is 2.50 bits per heavy atom. The molecule has 6 nitrogen and oxygen atoms in total. The smallest absolute Gasteiger partial charge is 0.328 e. The molecule has 0 saturated heterocycles. The van der Waals surface area contributed by atoms with Crippen molar-refractivity contribution in [1.29, 1.82) is 0 Å². The lowest BCUT2D eigenvalue weighted by atomic mass is 10.2. The summed E-state index contributed by atoms with van der Waals surface area (Å²) in [5.41, 5.74) is 0.557. The summed E-state index contributed by atoms with van der Waals surface area (Å²) in [4.78, 5) is 23.0. The summed E-state index contributed by atoms with van der Waals surface area (Å²) in [6.45, 7) is 1.45. The van der Waals surface area contributed by atoms with Gasteiger partial charge in [-0.1, -0.05) is 0 Å². The minimum Gasteiger partial charge on any atom is -0.480 e. The molecule has 9 heteroatoms. The lowest BCUT2D eigenvalue weighted by molar-refractivity contribution is -0.140. The van der Waals surface area contributed by atoms with E-state index in [4.69, 9.17) is 5.11 Å². The zero-order valence-corrected chi connectivity index (χ0v) is 14.4. The van der Waals surface area contributed by atoms with E-state index in [1.165, 1.54) is 36.1 Å². The van der Waals surface area contributed by atoms with Crippen LogP contribution in [0.25, 0.3) is 0 Å². The monoisotopic (exact) mass is 433 g/mol. The van der Waals surface area contributed by atoms with Crippen LogP contribution in [0.3, 0.4) is 0 Å². The first kappa shape index (κ1) is 16.6. The molecule has 0 radical (unpaired) electrons. The molecule has 1 atom stereocenters. The van der Waals surface area contributed by atoms with Gasteiger partial charge in [0.15, 0.2) is 0 Å². The fourth-order valence-electron chi connectivity index (χ4n) is 1.63. The topological polar surface area (TPSA) is 84.2 Å². The molecule has 2 N–H and O–H groups in total. The van der Waals surface area contributed by atoms with Gasteiger partial charge < -0.3 is 10.4 Å². The van der Waals surface area contributed by atoms with Crippen LogP contribution >= 0.6 is 31.9 Å². The number of carbonyl (C=O) groups is 2. The van der Waals surface area contributed by atoms with Crippen LogP contribution in [0.2, 0.25) is 0 Å². The van der Waals surface area contributed by atoms with E-state index in [1.807, 2.05) is 0 Å². The Bertz CT molecular complexity index is 725. The van der Waals surface area contributed by atoms with Gasteiger partial charge in [0, 0.05) is 15.1 Å². The highest BCUT2D eigenvalue weighted by Crippen LogP contribution is 2.32. The van der Waals surface area contributed by atoms with Crippen molar-refractivity contribution in [3.05, 3.63) is 44.9 Å². The number of carboxylic acid groups (broad SMARTS) is 1. The average Bonchev–Trinajstić information content (AvgIpc) is 2.91. The summed E-state index contributed by atoms with van der Waals surface area (Å²) in [5, 5.41) is 15.4. The lowest BCUT2D eigenvalue weighted by Gasteiger charge is -2.09. The second-order valence-electron chi connectivity index (χ2n) is 4.42. The van der Waals surface area contributed by atoms with E-state index in [-0.39, 0.29) is 5.56 Å². The summed E-state index contributed by atoms with van der Waals surface area (Å²) < 4.78 is 15.1. The highest BCUT2D eigenvalue weighted by Gasteiger charge is 2.18. The number of benzene rings is 1. The molecule has 1 amide bonds. The van der Waals surface area contributed by atoms with E-state index in [1.54, 1.807) is 0 Å². The van der Waals surface area contributed by atoms with Crippen molar-refractivity contribution in [3.8, 4) is 0 Å². The zero-order chi connectivity index (χ0) is 16.4. The van der Waals surface area contributed by atoms with Crippen molar-refractivity contribution in [1.82, 2.24) is 9.78 Å². The molecule has 1 aromatic carbocycles. The number of amides is 1. The van der Waals surface area contributed by atoms with Crippen molar-refractivity contribution < 1.29 is 19.1 Å². The van der Waals surface area contributed by atoms with Gasteiger partial charge in [0.05, 0.1) is 17.4 Å². The molecule has 2 rings (SSSR count). The Labute approximate surface area is 141 Å². The van der Waals surface area contributed by atoms with Crippen LogP contribution in [0.5, 0.6) is 0 Å². The minimum atomic E-state index is -1.06. The second kappa shape index (κ2) is 6.57.